The van der Waals surface area contributed by atoms with E-state index in [1.54, 1.807) is 36.4 Å². The number of ether oxygens (including phenoxy) is 3. The minimum Gasteiger partial charge on any atom is -0.486 e. The molecule has 0 saturated heterocycles. The van der Waals surface area contributed by atoms with Gasteiger partial charge in [0.2, 0.25) is 11.8 Å². The smallest absolute Gasteiger partial charge is 0.339 e. The summed E-state index contributed by atoms with van der Waals surface area (Å²) in [5.41, 5.74) is 0.981. The SMILES string of the molecule is COC(=O)c1ccccc1NC(=O)CC(=O)Nc1ccc2c(c1)OCCO2. The first-order valence-electron chi connectivity index (χ1n) is 8.23. The number of nitrogens with one attached hydrogen (secondary N) is 2. The van der Waals surface area contributed by atoms with E-state index in [0.29, 0.717) is 30.4 Å². The van der Waals surface area contributed by atoms with Crippen molar-refractivity contribution in [3.63, 3.8) is 0 Å². The maximum absolute atomic E-state index is 12.1. The molecule has 1 aliphatic heterocycles. The predicted octanol–water partition coefficient (Wildman–Crippen LogP) is 2.21. The van der Waals surface area contributed by atoms with Gasteiger partial charge in [-0.3, -0.25) is 9.59 Å². The fourth-order valence-electron chi connectivity index (χ4n) is 2.55. The van der Waals surface area contributed by atoms with Crippen molar-refractivity contribution in [1.82, 2.24) is 0 Å². The maximum Gasteiger partial charge on any atom is 0.339 e. The molecule has 0 radical (unpaired) electrons. The molecule has 2 aromatic rings. The average Bonchev–Trinajstić information content (AvgIpc) is 2.67. The van der Waals surface area contributed by atoms with Gasteiger partial charge in [-0.2, -0.15) is 0 Å². The van der Waals surface area contributed by atoms with Crippen LogP contribution in [0.2, 0.25) is 0 Å². The minimum absolute atomic E-state index is 0.209. The lowest BCUT2D eigenvalue weighted by atomic mass is 10.1. The van der Waals surface area contributed by atoms with E-state index in [1.807, 2.05) is 0 Å². The highest BCUT2D eigenvalue weighted by Crippen LogP contribution is 2.32. The van der Waals surface area contributed by atoms with Gasteiger partial charge in [0.15, 0.2) is 11.5 Å². The largest absolute Gasteiger partial charge is 0.486 e. The van der Waals surface area contributed by atoms with Crippen LogP contribution < -0.4 is 20.1 Å². The molecular formula is C19H18N2O6. The fraction of sp³-hybridized carbons (Fsp3) is 0.211. The van der Waals surface area contributed by atoms with E-state index in [4.69, 9.17) is 9.47 Å². The third kappa shape index (κ3) is 4.55. The van der Waals surface area contributed by atoms with E-state index in [-0.39, 0.29) is 11.3 Å². The quantitative estimate of drug-likeness (QED) is 0.618. The monoisotopic (exact) mass is 370 g/mol. The molecule has 3 rings (SSSR count). The second kappa shape index (κ2) is 8.22. The van der Waals surface area contributed by atoms with Crippen LogP contribution in [0.4, 0.5) is 11.4 Å². The highest BCUT2D eigenvalue weighted by atomic mass is 16.6. The van der Waals surface area contributed by atoms with E-state index in [2.05, 4.69) is 15.4 Å². The van der Waals surface area contributed by atoms with Gasteiger partial charge in [-0.1, -0.05) is 12.1 Å². The highest BCUT2D eigenvalue weighted by Gasteiger charge is 2.17. The van der Waals surface area contributed by atoms with E-state index >= 15 is 0 Å². The Morgan fingerprint density at radius 1 is 0.963 bits per heavy atom. The number of esters is 1. The van der Waals surface area contributed by atoms with Crippen molar-refractivity contribution in [2.24, 2.45) is 0 Å². The second-order valence-electron chi connectivity index (χ2n) is 5.67. The van der Waals surface area contributed by atoms with Gasteiger partial charge >= 0.3 is 5.97 Å². The predicted molar refractivity (Wildman–Crippen MR) is 97.1 cm³/mol. The molecule has 27 heavy (non-hydrogen) atoms. The molecule has 0 fully saturated rings. The standard InChI is InChI=1S/C19H18N2O6/c1-25-19(24)13-4-2-3-5-14(13)21-18(23)11-17(22)20-12-6-7-15-16(10-12)27-9-8-26-15/h2-7,10H,8-9,11H2,1H3,(H,20,22)(H,21,23). The summed E-state index contributed by atoms with van der Waals surface area (Å²) >= 11 is 0. The van der Waals surface area contributed by atoms with Crippen molar-refractivity contribution in [3.05, 3.63) is 48.0 Å². The number of carbonyl (C=O) groups is 3. The molecule has 2 amide bonds. The Morgan fingerprint density at radius 2 is 1.67 bits per heavy atom. The lowest BCUT2D eigenvalue weighted by Gasteiger charge is -2.19. The lowest BCUT2D eigenvalue weighted by molar-refractivity contribution is -0.123. The molecule has 1 heterocycles. The number of benzene rings is 2. The van der Waals surface area contributed by atoms with Crippen molar-refractivity contribution >= 4 is 29.2 Å². The number of carbonyl (C=O) groups excluding carboxylic acids is 3. The fourth-order valence-corrected chi connectivity index (χ4v) is 2.55. The van der Waals surface area contributed by atoms with Crippen LogP contribution in [0.3, 0.4) is 0 Å². The van der Waals surface area contributed by atoms with Crippen molar-refractivity contribution < 1.29 is 28.6 Å². The van der Waals surface area contributed by atoms with Crippen molar-refractivity contribution in [2.45, 2.75) is 6.42 Å². The van der Waals surface area contributed by atoms with Crippen LogP contribution in [0.5, 0.6) is 11.5 Å². The topological polar surface area (TPSA) is 103 Å². The van der Waals surface area contributed by atoms with Crippen LogP contribution in [0.15, 0.2) is 42.5 Å². The second-order valence-corrected chi connectivity index (χ2v) is 5.67. The number of methoxy groups -OCH3 is 1. The van der Waals surface area contributed by atoms with Gasteiger partial charge < -0.3 is 24.8 Å². The molecule has 140 valence electrons. The summed E-state index contributed by atoms with van der Waals surface area (Å²) in [7, 11) is 1.25. The van der Waals surface area contributed by atoms with Gasteiger partial charge in [0.1, 0.15) is 19.6 Å². The summed E-state index contributed by atoms with van der Waals surface area (Å²) in [4.78, 5) is 36.0. The van der Waals surface area contributed by atoms with Gasteiger partial charge in [0.05, 0.1) is 18.4 Å². The molecule has 8 nitrogen and oxygen atoms in total. The van der Waals surface area contributed by atoms with Gasteiger partial charge in [-0.15, -0.1) is 0 Å². The van der Waals surface area contributed by atoms with Crippen molar-refractivity contribution in [1.29, 1.82) is 0 Å². The van der Waals surface area contributed by atoms with Gasteiger partial charge in [0.25, 0.3) is 0 Å². The molecule has 2 aromatic carbocycles. The van der Waals surface area contributed by atoms with Gasteiger partial charge in [-0.25, -0.2) is 4.79 Å². The van der Waals surface area contributed by atoms with Crippen LogP contribution in [0, 0.1) is 0 Å². The number of amides is 2. The van der Waals surface area contributed by atoms with E-state index in [0.717, 1.165) is 0 Å². The minimum atomic E-state index is -0.577. The Balaban J connectivity index is 1.60. The zero-order valence-electron chi connectivity index (χ0n) is 14.6. The first-order chi connectivity index (χ1) is 13.1. The molecule has 0 bridgehead atoms. The highest BCUT2D eigenvalue weighted by molar-refractivity contribution is 6.10. The molecule has 0 spiro atoms. The number of hydrogen-bond acceptors (Lipinski definition) is 6. The molecule has 0 aliphatic carbocycles. The summed E-state index contributed by atoms with van der Waals surface area (Å²) in [6.45, 7) is 0.915. The van der Waals surface area contributed by atoms with Gasteiger partial charge in [-0.05, 0) is 24.3 Å². The molecule has 0 saturated carbocycles. The Bertz CT molecular complexity index is 880. The third-order valence-electron chi connectivity index (χ3n) is 3.75. The Morgan fingerprint density at radius 3 is 2.44 bits per heavy atom. The third-order valence-corrected chi connectivity index (χ3v) is 3.75. The number of rotatable bonds is 5. The maximum atomic E-state index is 12.1. The van der Waals surface area contributed by atoms with Crippen LogP contribution >= 0.6 is 0 Å². The Kier molecular flexibility index (Phi) is 5.55. The lowest BCUT2D eigenvalue weighted by Crippen LogP contribution is -2.22. The normalized spacial score (nSPS) is 12.0. The Hall–Kier alpha value is -3.55. The zero-order chi connectivity index (χ0) is 19.2. The summed E-state index contributed by atoms with van der Waals surface area (Å²) in [6.07, 6.45) is -0.413. The van der Waals surface area contributed by atoms with E-state index in [1.165, 1.54) is 13.2 Å². The number of fused-ring (bicyclic) bond motifs is 1. The molecular weight excluding hydrogens is 352 g/mol. The van der Waals surface area contributed by atoms with E-state index < -0.39 is 24.2 Å². The molecule has 2 N–H and O–H groups in total. The van der Waals surface area contributed by atoms with Crippen LogP contribution in [-0.4, -0.2) is 38.1 Å². The molecule has 1 aliphatic rings. The van der Waals surface area contributed by atoms with Crippen molar-refractivity contribution in [3.8, 4) is 11.5 Å². The van der Waals surface area contributed by atoms with Crippen LogP contribution in [-0.2, 0) is 14.3 Å². The van der Waals surface area contributed by atoms with Crippen LogP contribution in [0.25, 0.3) is 0 Å². The Labute approximate surface area is 155 Å². The summed E-state index contributed by atoms with van der Waals surface area (Å²) in [5.74, 6) is -0.486. The number of hydrogen-bond donors (Lipinski definition) is 2. The summed E-state index contributed by atoms with van der Waals surface area (Å²) in [5, 5.41) is 5.18. The average molecular weight is 370 g/mol. The molecule has 0 aromatic heterocycles. The molecule has 0 atom stereocenters. The first kappa shape index (κ1) is 18.2. The number of para-hydroxylation sites is 1. The van der Waals surface area contributed by atoms with Crippen LogP contribution in [0.1, 0.15) is 16.8 Å². The van der Waals surface area contributed by atoms with Gasteiger partial charge in [0, 0.05) is 11.8 Å². The molecule has 8 heteroatoms. The van der Waals surface area contributed by atoms with Crippen molar-refractivity contribution in [2.75, 3.05) is 31.0 Å². The molecule has 0 unspecified atom stereocenters. The first-order valence-corrected chi connectivity index (χ1v) is 8.23. The van der Waals surface area contributed by atoms with E-state index in [9.17, 15) is 14.4 Å². The number of anilines is 2. The summed E-state index contributed by atoms with van der Waals surface area (Å²) < 4.78 is 15.5. The summed E-state index contributed by atoms with van der Waals surface area (Å²) in [6, 6.07) is 11.4. The zero-order valence-corrected chi connectivity index (χ0v) is 14.6.